The highest BCUT2D eigenvalue weighted by molar-refractivity contribution is 9.10. The van der Waals surface area contributed by atoms with Gasteiger partial charge in [-0.15, -0.1) is 0 Å². The van der Waals surface area contributed by atoms with Crippen molar-refractivity contribution < 1.29 is 19.2 Å². The van der Waals surface area contributed by atoms with Crippen molar-refractivity contribution in [1.82, 2.24) is 0 Å². The van der Waals surface area contributed by atoms with E-state index >= 15 is 0 Å². The minimum atomic E-state index is -0.679. The highest BCUT2D eigenvalue weighted by Crippen LogP contribution is 2.37. The molecule has 2 rings (SSSR count). The Morgan fingerprint density at radius 2 is 1.94 bits per heavy atom. The van der Waals surface area contributed by atoms with Crippen LogP contribution in [0.1, 0.15) is 51.0 Å². The molecule has 0 atom stereocenters. The Kier molecular flexibility index (Phi) is 11.1. The molecule has 0 unspecified atom stereocenters. The lowest BCUT2D eigenvalue weighted by molar-refractivity contribution is -0.384. The summed E-state index contributed by atoms with van der Waals surface area (Å²) in [7, 11) is 1.52. The van der Waals surface area contributed by atoms with E-state index in [1.807, 2.05) is 6.07 Å². The van der Waals surface area contributed by atoms with E-state index in [2.05, 4.69) is 28.2 Å². The third-order valence-corrected chi connectivity index (χ3v) is 5.58. The molecule has 8 nitrogen and oxygen atoms in total. The zero-order chi connectivity index (χ0) is 24.9. The number of nitrogens with zero attached hydrogens (tertiary/aromatic N) is 2. The van der Waals surface area contributed by atoms with Gasteiger partial charge in [0.2, 0.25) is 0 Å². The summed E-state index contributed by atoms with van der Waals surface area (Å²) in [6, 6.07) is 10.8. The molecule has 0 radical (unpaired) electrons. The van der Waals surface area contributed by atoms with Crippen LogP contribution in [0.2, 0.25) is 0 Å². The molecular formula is C25H28BrN3O5. The molecule has 0 aliphatic heterocycles. The van der Waals surface area contributed by atoms with Crippen LogP contribution in [0.25, 0.3) is 6.08 Å². The first-order valence-corrected chi connectivity index (χ1v) is 11.9. The van der Waals surface area contributed by atoms with Crippen LogP contribution in [0.4, 0.5) is 11.4 Å². The number of anilines is 1. The summed E-state index contributed by atoms with van der Waals surface area (Å²) in [4.78, 5) is 22.9. The van der Waals surface area contributed by atoms with E-state index in [0.29, 0.717) is 28.1 Å². The van der Waals surface area contributed by atoms with Crippen molar-refractivity contribution in [1.29, 1.82) is 5.26 Å². The van der Waals surface area contributed by atoms with Crippen molar-refractivity contribution in [3.05, 3.63) is 62.1 Å². The fourth-order valence-corrected chi connectivity index (χ4v) is 3.80. The Balaban J connectivity index is 2.11. The molecule has 0 aliphatic carbocycles. The molecule has 0 spiro atoms. The molecule has 1 amide bonds. The van der Waals surface area contributed by atoms with E-state index in [0.717, 1.165) is 12.8 Å². The second-order valence-electron chi connectivity index (χ2n) is 7.58. The van der Waals surface area contributed by atoms with E-state index in [1.54, 1.807) is 12.1 Å². The summed E-state index contributed by atoms with van der Waals surface area (Å²) < 4.78 is 12.0. The Labute approximate surface area is 207 Å². The number of nitro groups is 1. The van der Waals surface area contributed by atoms with Gasteiger partial charge in [-0.2, -0.15) is 5.26 Å². The first-order chi connectivity index (χ1) is 16.4. The van der Waals surface area contributed by atoms with Gasteiger partial charge in [-0.25, -0.2) is 0 Å². The molecule has 0 saturated carbocycles. The number of non-ortho nitro benzene ring substituents is 1. The SMILES string of the molecule is CCCCCCCCOc1c(Br)cc(/C=C(/C#N)C(=O)Nc2cccc([N+](=O)[O-])c2)cc1OC. The second kappa shape index (κ2) is 14.0. The number of amides is 1. The topological polar surface area (TPSA) is 114 Å². The van der Waals surface area contributed by atoms with Gasteiger partial charge in [-0.05, 0) is 52.2 Å². The van der Waals surface area contributed by atoms with Crippen molar-refractivity contribution in [2.45, 2.75) is 45.4 Å². The molecule has 1 N–H and O–H groups in total. The molecule has 0 bridgehead atoms. The largest absolute Gasteiger partial charge is 0.493 e. The van der Waals surface area contributed by atoms with Gasteiger partial charge in [-0.1, -0.05) is 45.1 Å². The van der Waals surface area contributed by atoms with E-state index < -0.39 is 10.8 Å². The molecule has 0 heterocycles. The van der Waals surface area contributed by atoms with Crippen LogP contribution in [0.5, 0.6) is 11.5 Å². The number of methoxy groups -OCH3 is 1. The normalized spacial score (nSPS) is 10.9. The maximum absolute atomic E-state index is 12.6. The Bertz CT molecular complexity index is 1080. The third-order valence-electron chi connectivity index (χ3n) is 4.99. The standard InChI is InChI=1S/C25H28BrN3O5/c1-3-4-5-6-7-8-12-34-24-22(26)14-18(15-23(24)33-2)13-19(17-27)25(30)28-20-10-9-11-21(16-20)29(31)32/h9-11,13-16H,3-8,12H2,1-2H3,(H,28,30)/b19-13-. The maximum atomic E-state index is 12.6. The molecule has 180 valence electrons. The van der Waals surface area contributed by atoms with Gasteiger partial charge in [0.15, 0.2) is 11.5 Å². The third kappa shape index (κ3) is 8.19. The number of hydrogen-bond donors (Lipinski definition) is 1. The molecule has 0 aliphatic rings. The summed E-state index contributed by atoms with van der Waals surface area (Å²) in [5.74, 6) is 0.359. The monoisotopic (exact) mass is 529 g/mol. The van der Waals surface area contributed by atoms with Crippen molar-refractivity contribution in [3.8, 4) is 17.6 Å². The van der Waals surface area contributed by atoms with Gasteiger partial charge in [0.25, 0.3) is 11.6 Å². The van der Waals surface area contributed by atoms with Crippen molar-refractivity contribution >= 4 is 39.3 Å². The first kappa shape index (κ1) is 26.9. The molecule has 2 aromatic rings. The van der Waals surface area contributed by atoms with Crippen molar-refractivity contribution in [2.75, 3.05) is 19.0 Å². The van der Waals surface area contributed by atoms with E-state index in [1.165, 1.54) is 63.1 Å². The highest BCUT2D eigenvalue weighted by Gasteiger charge is 2.15. The van der Waals surface area contributed by atoms with Gasteiger partial charge in [0.05, 0.1) is 23.1 Å². The molecule has 2 aromatic carbocycles. The first-order valence-electron chi connectivity index (χ1n) is 11.1. The summed E-state index contributed by atoms with van der Waals surface area (Å²) in [6.07, 6.45) is 8.35. The number of halogens is 1. The molecule has 0 saturated heterocycles. The van der Waals surface area contributed by atoms with Crippen LogP contribution in [0.15, 0.2) is 46.4 Å². The van der Waals surface area contributed by atoms with Crippen LogP contribution >= 0.6 is 15.9 Å². The van der Waals surface area contributed by atoms with Crippen molar-refractivity contribution in [2.24, 2.45) is 0 Å². The number of nitriles is 1. The molecular weight excluding hydrogens is 502 g/mol. The number of rotatable bonds is 13. The smallest absolute Gasteiger partial charge is 0.271 e. The number of carbonyl (C=O) groups excluding carboxylic acids is 1. The number of unbranched alkanes of at least 4 members (excludes halogenated alkanes) is 5. The quantitative estimate of drug-likeness (QED) is 0.102. The predicted octanol–water partition coefficient (Wildman–Crippen LogP) is 6.65. The minimum Gasteiger partial charge on any atom is -0.493 e. The number of nitrogens with one attached hydrogen (secondary N) is 1. The zero-order valence-corrected chi connectivity index (χ0v) is 20.9. The molecule has 9 heteroatoms. The number of benzene rings is 2. The number of hydrogen-bond acceptors (Lipinski definition) is 6. The van der Waals surface area contributed by atoms with Gasteiger partial charge in [0, 0.05) is 17.8 Å². The lowest BCUT2D eigenvalue weighted by atomic mass is 10.1. The fraction of sp³-hybridized carbons (Fsp3) is 0.360. The highest BCUT2D eigenvalue weighted by atomic mass is 79.9. The summed E-state index contributed by atoms with van der Waals surface area (Å²) in [5.41, 5.74) is 0.450. The maximum Gasteiger partial charge on any atom is 0.271 e. The number of ether oxygens (including phenoxy) is 2. The average molecular weight is 530 g/mol. The molecule has 0 aromatic heterocycles. The van der Waals surface area contributed by atoms with Crippen LogP contribution in [-0.4, -0.2) is 24.5 Å². The van der Waals surface area contributed by atoms with Crippen LogP contribution < -0.4 is 14.8 Å². The van der Waals surface area contributed by atoms with E-state index in [-0.39, 0.29) is 16.9 Å². The number of carbonyl (C=O) groups is 1. The van der Waals surface area contributed by atoms with Crippen LogP contribution in [-0.2, 0) is 4.79 Å². The Morgan fingerprint density at radius 3 is 2.62 bits per heavy atom. The minimum absolute atomic E-state index is 0.162. The molecule has 34 heavy (non-hydrogen) atoms. The lowest BCUT2D eigenvalue weighted by Crippen LogP contribution is -2.13. The van der Waals surface area contributed by atoms with Crippen LogP contribution in [0.3, 0.4) is 0 Å². The zero-order valence-electron chi connectivity index (χ0n) is 19.3. The van der Waals surface area contributed by atoms with E-state index in [9.17, 15) is 20.2 Å². The Morgan fingerprint density at radius 1 is 1.21 bits per heavy atom. The summed E-state index contributed by atoms with van der Waals surface area (Å²) in [6.45, 7) is 2.75. The van der Waals surface area contributed by atoms with Gasteiger partial charge in [0.1, 0.15) is 11.6 Å². The van der Waals surface area contributed by atoms with Gasteiger partial charge in [-0.3, -0.25) is 14.9 Å². The second-order valence-corrected chi connectivity index (χ2v) is 8.44. The fourth-order valence-electron chi connectivity index (χ4n) is 3.23. The number of nitro benzene ring substituents is 1. The lowest BCUT2D eigenvalue weighted by Gasteiger charge is -2.14. The summed E-state index contributed by atoms with van der Waals surface area (Å²) in [5, 5.41) is 22.9. The van der Waals surface area contributed by atoms with Gasteiger partial charge >= 0.3 is 0 Å². The van der Waals surface area contributed by atoms with Gasteiger partial charge < -0.3 is 14.8 Å². The molecule has 0 fully saturated rings. The van der Waals surface area contributed by atoms with Crippen LogP contribution in [0, 0.1) is 21.4 Å². The van der Waals surface area contributed by atoms with E-state index in [4.69, 9.17) is 9.47 Å². The predicted molar refractivity (Wildman–Crippen MR) is 135 cm³/mol. The Hall–Kier alpha value is -3.38. The summed E-state index contributed by atoms with van der Waals surface area (Å²) >= 11 is 3.48. The average Bonchev–Trinajstić information content (AvgIpc) is 2.82. The van der Waals surface area contributed by atoms with Crippen molar-refractivity contribution in [3.63, 3.8) is 0 Å².